The molecule has 3 aliphatic rings. The van der Waals surface area contributed by atoms with Crippen molar-refractivity contribution in [3.8, 4) is 0 Å². The van der Waals surface area contributed by atoms with Gasteiger partial charge in [-0.15, -0.1) is 0 Å². The molecule has 0 spiro atoms. The Morgan fingerprint density at radius 3 is 2.76 bits per heavy atom. The van der Waals surface area contributed by atoms with Crippen LogP contribution in [0.3, 0.4) is 0 Å². The monoisotopic (exact) mass is 426 g/mol. The Hall–Kier alpha value is -1.93. The molecule has 9 heteroatoms. The number of hydrogen-bond acceptors (Lipinski definition) is 5. The average Bonchev–Trinajstić information content (AvgIpc) is 3.43. The highest BCUT2D eigenvalue weighted by Crippen LogP contribution is 2.42. The van der Waals surface area contributed by atoms with Crippen LogP contribution in [0.15, 0.2) is 16.5 Å². The average molecular weight is 427 g/mol. The second-order valence-electron chi connectivity index (χ2n) is 8.55. The summed E-state index contributed by atoms with van der Waals surface area (Å²) in [6.45, 7) is 1.68. The van der Waals surface area contributed by atoms with Crippen LogP contribution in [0.4, 0.5) is 4.39 Å². The molecule has 1 N–H and O–H groups in total. The van der Waals surface area contributed by atoms with Crippen molar-refractivity contribution in [2.24, 2.45) is 5.41 Å². The van der Waals surface area contributed by atoms with Crippen LogP contribution in [0.2, 0.25) is 5.22 Å². The molecule has 0 unspecified atom stereocenters. The number of hydrogen-bond donors (Lipinski definition) is 1. The largest absolute Gasteiger partial charge is 0.440 e. The fraction of sp³-hybridized carbons (Fsp3) is 0.650. The van der Waals surface area contributed by atoms with Crippen LogP contribution >= 0.6 is 11.6 Å². The number of furan rings is 1. The van der Waals surface area contributed by atoms with Crippen LogP contribution in [-0.4, -0.2) is 60.0 Å². The number of amides is 2. The highest BCUT2D eigenvalue weighted by atomic mass is 35.5. The number of Topliss-reactive ketones (excluding diaryl/α,β-unsaturated/α-hetero) is 1. The number of carbonyl (C=O) groups excluding carboxylic acids is 3. The zero-order valence-corrected chi connectivity index (χ0v) is 16.9. The molecular formula is C20H24ClFN2O5. The minimum atomic E-state index is -1.42. The molecule has 29 heavy (non-hydrogen) atoms. The quantitative estimate of drug-likeness (QED) is 0.781. The number of alkyl halides is 1. The SMILES string of the molecule is CC1(C[C@H](NC(=O)c2ccc(Cl)o2)C(=O)N2C[C@@H](F)[C@H]3OCC(=O)[C@H]32)CCCC1. The van der Waals surface area contributed by atoms with E-state index in [1.807, 2.05) is 0 Å². The molecule has 0 bridgehead atoms. The van der Waals surface area contributed by atoms with Gasteiger partial charge in [-0.2, -0.15) is 0 Å². The fourth-order valence-electron chi connectivity index (χ4n) is 4.82. The number of ketones is 1. The lowest BCUT2D eigenvalue weighted by Gasteiger charge is -2.32. The van der Waals surface area contributed by atoms with Gasteiger partial charge in [-0.05, 0) is 48.4 Å². The molecule has 3 heterocycles. The van der Waals surface area contributed by atoms with E-state index in [0.717, 1.165) is 25.7 Å². The van der Waals surface area contributed by atoms with E-state index in [9.17, 15) is 18.8 Å². The first kappa shape index (κ1) is 20.3. The van der Waals surface area contributed by atoms with Crippen molar-refractivity contribution in [3.63, 3.8) is 0 Å². The number of nitrogens with one attached hydrogen (secondary N) is 1. The number of likely N-dealkylation sites (tertiary alicyclic amines) is 1. The van der Waals surface area contributed by atoms with Crippen molar-refractivity contribution in [1.29, 1.82) is 0 Å². The van der Waals surface area contributed by atoms with Gasteiger partial charge in [0.05, 0.1) is 6.54 Å². The lowest BCUT2D eigenvalue weighted by molar-refractivity contribution is -0.138. The highest BCUT2D eigenvalue weighted by molar-refractivity contribution is 6.29. The Morgan fingerprint density at radius 2 is 2.10 bits per heavy atom. The molecule has 4 rings (SSSR count). The number of rotatable bonds is 5. The lowest BCUT2D eigenvalue weighted by Crippen LogP contribution is -2.53. The van der Waals surface area contributed by atoms with Crippen LogP contribution in [0.25, 0.3) is 0 Å². The van der Waals surface area contributed by atoms with Gasteiger partial charge in [-0.1, -0.05) is 19.8 Å². The summed E-state index contributed by atoms with van der Waals surface area (Å²) in [5.74, 6) is -1.35. The first-order valence-corrected chi connectivity index (χ1v) is 10.3. The maximum atomic E-state index is 14.3. The lowest BCUT2D eigenvalue weighted by atomic mass is 9.81. The van der Waals surface area contributed by atoms with Gasteiger partial charge in [-0.25, -0.2) is 4.39 Å². The van der Waals surface area contributed by atoms with E-state index < -0.39 is 36.2 Å². The summed E-state index contributed by atoms with van der Waals surface area (Å²) in [4.78, 5) is 39.4. The standard InChI is InChI=1S/C20H24ClFN2O5/c1-20(6-2-3-7-20)8-12(23-18(26)14-4-5-15(21)29-14)19(27)24-9-11(22)17-16(24)13(25)10-28-17/h4-5,11-12,16-17H,2-3,6-10H2,1H3,(H,23,26)/t11-,12+,16-,17-/m1/s1. The summed E-state index contributed by atoms with van der Waals surface area (Å²) < 4.78 is 24.7. The molecule has 1 aliphatic carbocycles. The maximum Gasteiger partial charge on any atom is 0.287 e. The number of carbonyl (C=O) groups is 3. The molecule has 4 atom stereocenters. The summed E-state index contributed by atoms with van der Waals surface area (Å²) in [5.41, 5.74) is -0.112. The Morgan fingerprint density at radius 1 is 1.38 bits per heavy atom. The number of ether oxygens (including phenoxy) is 1. The first-order valence-electron chi connectivity index (χ1n) is 9.92. The Balaban J connectivity index is 1.56. The smallest absolute Gasteiger partial charge is 0.287 e. The molecular weight excluding hydrogens is 403 g/mol. The molecule has 1 aromatic heterocycles. The maximum absolute atomic E-state index is 14.3. The van der Waals surface area contributed by atoms with Gasteiger partial charge in [-0.3, -0.25) is 14.4 Å². The molecule has 3 fully saturated rings. The first-order chi connectivity index (χ1) is 13.8. The molecule has 7 nitrogen and oxygen atoms in total. The highest BCUT2D eigenvalue weighted by Gasteiger charge is 2.54. The van der Waals surface area contributed by atoms with Gasteiger partial charge in [0, 0.05) is 0 Å². The van der Waals surface area contributed by atoms with Gasteiger partial charge in [0.15, 0.2) is 16.8 Å². The molecule has 2 aliphatic heterocycles. The van der Waals surface area contributed by atoms with Crippen molar-refractivity contribution >= 4 is 29.2 Å². The molecule has 158 valence electrons. The molecule has 1 saturated carbocycles. The summed E-state index contributed by atoms with van der Waals surface area (Å²) in [7, 11) is 0. The van der Waals surface area contributed by atoms with Crippen molar-refractivity contribution in [2.45, 2.75) is 63.4 Å². The van der Waals surface area contributed by atoms with Crippen LogP contribution in [0.5, 0.6) is 0 Å². The zero-order chi connectivity index (χ0) is 20.8. The van der Waals surface area contributed by atoms with Gasteiger partial charge in [0.2, 0.25) is 5.91 Å². The molecule has 2 saturated heterocycles. The van der Waals surface area contributed by atoms with Crippen molar-refractivity contribution < 1.29 is 27.9 Å². The van der Waals surface area contributed by atoms with Gasteiger partial charge in [0.25, 0.3) is 5.91 Å². The Bertz CT molecular complexity index is 822. The van der Waals surface area contributed by atoms with E-state index in [2.05, 4.69) is 12.2 Å². The topological polar surface area (TPSA) is 88.8 Å². The van der Waals surface area contributed by atoms with Crippen molar-refractivity contribution in [2.75, 3.05) is 13.2 Å². The fourth-order valence-corrected chi connectivity index (χ4v) is 4.96. The summed E-state index contributed by atoms with van der Waals surface area (Å²) >= 11 is 5.74. The molecule has 2 amide bonds. The van der Waals surface area contributed by atoms with Gasteiger partial charge < -0.3 is 19.4 Å². The second-order valence-corrected chi connectivity index (χ2v) is 8.92. The van der Waals surface area contributed by atoms with Crippen LogP contribution in [-0.2, 0) is 14.3 Å². The van der Waals surface area contributed by atoms with E-state index >= 15 is 0 Å². The number of fused-ring (bicyclic) bond motifs is 1. The minimum Gasteiger partial charge on any atom is -0.440 e. The van der Waals surface area contributed by atoms with Crippen LogP contribution < -0.4 is 5.32 Å². The zero-order valence-electron chi connectivity index (χ0n) is 16.2. The summed E-state index contributed by atoms with van der Waals surface area (Å²) in [5, 5.41) is 2.79. The van der Waals surface area contributed by atoms with Crippen LogP contribution in [0, 0.1) is 5.41 Å². The third kappa shape index (κ3) is 3.92. The predicted octanol–water partition coefficient (Wildman–Crippen LogP) is 2.52. The van der Waals surface area contributed by atoms with E-state index in [-0.39, 0.29) is 35.3 Å². The number of halogens is 2. The summed E-state index contributed by atoms with van der Waals surface area (Å²) in [6, 6.07) is 1.05. The minimum absolute atomic E-state index is 0.00711. The molecule has 0 aromatic carbocycles. The van der Waals surface area contributed by atoms with E-state index in [0.29, 0.717) is 6.42 Å². The van der Waals surface area contributed by atoms with Crippen LogP contribution in [0.1, 0.15) is 49.6 Å². The van der Waals surface area contributed by atoms with E-state index in [4.69, 9.17) is 20.8 Å². The van der Waals surface area contributed by atoms with Crippen molar-refractivity contribution in [3.05, 3.63) is 23.1 Å². The second kappa shape index (κ2) is 7.72. The molecule has 0 radical (unpaired) electrons. The van der Waals surface area contributed by atoms with Crippen molar-refractivity contribution in [1.82, 2.24) is 10.2 Å². The van der Waals surface area contributed by atoms with Gasteiger partial charge >= 0.3 is 0 Å². The Labute approximate surface area is 172 Å². The predicted molar refractivity (Wildman–Crippen MR) is 101 cm³/mol. The third-order valence-corrected chi connectivity index (χ3v) is 6.52. The number of nitrogens with zero attached hydrogens (tertiary/aromatic N) is 1. The Kier molecular flexibility index (Phi) is 5.42. The molecule has 1 aromatic rings. The van der Waals surface area contributed by atoms with E-state index in [1.165, 1.54) is 17.0 Å². The summed E-state index contributed by atoms with van der Waals surface area (Å²) in [6.07, 6.45) is 2.08. The van der Waals surface area contributed by atoms with E-state index in [1.54, 1.807) is 0 Å². The normalized spacial score (nSPS) is 29.1. The van der Waals surface area contributed by atoms with Gasteiger partial charge in [0.1, 0.15) is 31.0 Å². The third-order valence-electron chi connectivity index (χ3n) is 6.31.